The number of benzene rings is 6. The van der Waals surface area contributed by atoms with Gasteiger partial charge in [-0.15, -0.1) is 0 Å². The Morgan fingerprint density at radius 1 is 0.383 bits per heavy atom. The Balaban J connectivity index is 0.00000683. The molecule has 0 radical (unpaired) electrons. The van der Waals surface area contributed by atoms with Crippen molar-refractivity contribution in [3.05, 3.63) is 181 Å². The molecule has 0 spiro atoms. The van der Waals surface area contributed by atoms with Crippen LogP contribution in [0.5, 0.6) is 11.5 Å². The Kier molecular flexibility index (Phi) is 14.0. The van der Waals surface area contributed by atoms with Gasteiger partial charge in [0.2, 0.25) is 15.7 Å². The Bertz CT molecular complexity index is 2090. The highest BCUT2D eigenvalue weighted by atomic mass is 29.3. The fourth-order valence-corrected chi connectivity index (χ4v) is 33.7. The highest BCUT2D eigenvalue weighted by Gasteiger charge is 2.56. The van der Waals surface area contributed by atoms with E-state index in [-0.39, 0.29) is 19.0 Å². The molecule has 0 saturated heterocycles. The van der Waals surface area contributed by atoms with Crippen molar-refractivity contribution < 1.29 is 23.2 Å². The van der Waals surface area contributed by atoms with Gasteiger partial charge in [-0.05, 0) is 97.0 Å². The van der Waals surface area contributed by atoms with Crippen molar-refractivity contribution in [3.63, 3.8) is 0 Å². The highest BCUT2D eigenvalue weighted by Crippen LogP contribution is 2.32. The molecule has 0 saturated carbocycles. The molecule has 6 rings (SSSR count). The van der Waals surface area contributed by atoms with E-state index in [1.807, 2.05) is 76.2 Å². The second-order valence-electron chi connectivity index (χ2n) is 18.4. The van der Waals surface area contributed by atoms with Crippen LogP contribution in [0.4, 0.5) is 0 Å². The van der Waals surface area contributed by atoms with Crippen LogP contribution in [-0.2, 0) is 8.85 Å². The van der Waals surface area contributed by atoms with Crippen LogP contribution in [0.3, 0.4) is 0 Å². The van der Waals surface area contributed by atoms with Gasteiger partial charge in [-0.1, -0.05) is 168 Å². The molecule has 0 unspecified atom stereocenters. The quantitative estimate of drug-likeness (QED) is 0.0716. The van der Waals surface area contributed by atoms with Crippen molar-refractivity contribution in [2.24, 2.45) is 0 Å². The lowest BCUT2D eigenvalue weighted by Crippen LogP contribution is -2.77. The maximum Gasteiger partial charge on any atom is 0.241 e. The third-order valence-corrected chi connectivity index (χ3v) is 38.4. The van der Waals surface area contributed by atoms with E-state index in [9.17, 15) is 9.59 Å². The van der Waals surface area contributed by atoms with Crippen LogP contribution in [0, 0.1) is 0 Å². The summed E-state index contributed by atoms with van der Waals surface area (Å²) in [5.74, 6) is 0.997. The van der Waals surface area contributed by atoms with Gasteiger partial charge in [0.1, 0.15) is 22.7 Å². The first-order valence-corrected chi connectivity index (χ1v) is 33.2. The van der Waals surface area contributed by atoms with Crippen molar-refractivity contribution in [1.82, 2.24) is 0 Å². The fraction of sp³-hybridized carbons (Fsp3) is 0.255. The Labute approximate surface area is 362 Å². The van der Waals surface area contributed by atoms with Crippen molar-refractivity contribution in [2.45, 2.75) is 85.6 Å². The van der Waals surface area contributed by atoms with Crippen LogP contribution in [0.1, 0.15) is 55.8 Å². The van der Waals surface area contributed by atoms with Crippen LogP contribution in [0.15, 0.2) is 170 Å². The van der Waals surface area contributed by atoms with Gasteiger partial charge in [-0.2, -0.15) is 0 Å². The van der Waals surface area contributed by atoms with Crippen molar-refractivity contribution in [3.8, 4) is 11.5 Å². The molecule has 0 heterocycles. The second-order valence-corrected chi connectivity index (χ2v) is 46.0. The van der Waals surface area contributed by atoms with Crippen LogP contribution >= 0.6 is 0 Å². The third-order valence-electron chi connectivity index (χ3n) is 11.2. The summed E-state index contributed by atoms with van der Waals surface area (Å²) in [5, 5.41) is 4.72. The molecule has 6 aromatic carbocycles. The lowest BCUT2D eigenvalue weighted by Gasteiger charge is -2.46. The summed E-state index contributed by atoms with van der Waals surface area (Å²) in [5.41, 5.74) is -1.09. The zero-order chi connectivity index (χ0) is 42.7. The largest absolute Gasteiger partial charge is 0.457 e. The molecular formula is C51H62O5Si4. The van der Waals surface area contributed by atoms with E-state index in [1.54, 1.807) is 24.3 Å². The molecule has 9 heteroatoms. The minimum absolute atomic E-state index is 0. The minimum atomic E-state index is -2.85. The normalized spacial score (nSPS) is 12.6. The average Bonchev–Trinajstić information content (AvgIpc) is 3.22. The number of carbonyl (C=O) groups is 2. The van der Waals surface area contributed by atoms with Crippen molar-refractivity contribution in [2.75, 3.05) is 0 Å². The topological polar surface area (TPSA) is 61.8 Å². The van der Waals surface area contributed by atoms with Crippen LogP contribution in [0.25, 0.3) is 0 Å². The summed E-state index contributed by atoms with van der Waals surface area (Å²) in [4.78, 5) is 28.6. The predicted molar refractivity (Wildman–Crippen MR) is 261 cm³/mol. The summed E-state index contributed by atoms with van der Waals surface area (Å²) < 4.78 is 20.9. The van der Waals surface area contributed by atoms with Gasteiger partial charge < -0.3 is 13.6 Å². The first-order valence-electron chi connectivity index (χ1n) is 20.4. The minimum Gasteiger partial charge on any atom is -0.457 e. The zero-order valence-electron chi connectivity index (χ0n) is 36.2. The van der Waals surface area contributed by atoms with Gasteiger partial charge in [0.25, 0.3) is 0 Å². The summed E-state index contributed by atoms with van der Waals surface area (Å²) >= 11 is 0. The van der Waals surface area contributed by atoms with Gasteiger partial charge in [-0.25, -0.2) is 0 Å². The third kappa shape index (κ3) is 9.27. The average molecular weight is 867 g/mol. The number of carbonyl (C=O) groups excluding carboxylic acids is 2. The van der Waals surface area contributed by atoms with Gasteiger partial charge in [-0.3, -0.25) is 9.59 Å². The maximum atomic E-state index is 14.3. The molecule has 0 aliphatic heterocycles. The molecule has 60 heavy (non-hydrogen) atoms. The Morgan fingerprint density at radius 2 is 0.617 bits per heavy atom. The van der Waals surface area contributed by atoms with Gasteiger partial charge in [0.05, 0.1) is 15.2 Å². The van der Waals surface area contributed by atoms with E-state index in [0.29, 0.717) is 22.6 Å². The Hall–Kier alpha value is -4.75. The fourth-order valence-electron chi connectivity index (χ4n) is 8.34. The lowest BCUT2D eigenvalue weighted by atomic mass is 9.97. The number of hydrogen-bond donors (Lipinski definition) is 0. The van der Waals surface area contributed by atoms with Crippen molar-refractivity contribution in [1.29, 1.82) is 0 Å². The summed E-state index contributed by atoms with van der Waals surface area (Å²) in [6, 6.07) is 56.4. The van der Waals surface area contributed by atoms with E-state index >= 15 is 0 Å². The molecule has 6 aromatic rings. The molecule has 0 aliphatic rings. The molecule has 0 bridgehead atoms. The number of ketones is 2. The summed E-state index contributed by atoms with van der Waals surface area (Å²) in [7, 11) is -9.86. The maximum absolute atomic E-state index is 14.3. The lowest BCUT2D eigenvalue weighted by molar-refractivity contribution is 0.0578. The molecule has 0 amide bonds. The molecule has 5 nitrogen and oxygen atoms in total. The smallest absolute Gasteiger partial charge is 0.241 e. The molecule has 0 fully saturated rings. The summed E-state index contributed by atoms with van der Waals surface area (Å²) in [6.07, 6.45) is 0. The SMILES string of the molecule is C.CC(C)(O[Si](c1ccccc1)(c1ccccc1)[Si](C)(C)C)C(=O)c1ccc(Oc2ccc(C(=O)C(C)(C)O[Si](c3ccccc3)(c3ccccc3)[Si](C)(C)C)cc2)cc1. The van der Waals surface area contributed by atoms with E-state index in [4.69, 9.17) is 13.6 Å². The van der Waals surface area contributed by atoms with Gasteiger partial charge >= 0.3 is 0 Å². The molecule has 0 N–H and O–H groups in total. The van der Waals surface area contributed by atoms with Gasteiger partial charge in [0.15, 0.2) is 11.6 Å². The van der Waals surface area contributed by atoms with Crippen LogP contribution in [0.2, 0.25) is 39.3 Å². The number of rotatable bonds is 16. The predicted octanol–water partition coefficient (Wildman–Crippen LogP) is 10.4. The van der Waals surface area contributed by atoms with Crippen LogP contribution in [-0.4, -0.2) is 53.6 Å². The van der Waals surface area contributed by atoms with E-state index in [1.165, 1.54) is 20.7 Å². The number of hydrogen-bond acceptors (Lipinski definition) is 5. The molecule has 0 atom stereocenters. The second kappa shape index (κ2) is 18.1. The molecular weight excluding hydrogens is 805 g/mol. The van der Waals surface area contributed by atoms with Crippen molar-refractivity contribution >= 4 is 63.2 Å². The molecule has 312 valence electrons. The molecule has 0 aliphatic carbocycles. The monoisotopic (exact) mass is 866 g/mol. The standard InChI is InChI=1S/C50H58O5Si4.CH4/c1-49(2,54-58(56(5,6)7,43-23-15-11-16-24-43)44-25-17-12-18-26-44)47(51)39-31-35-41(36-32-39)53-42-37-33-40(34-38-42)48(52)50(3,4)55-59(57(8,9)10,45-27-19-13-20-28-45)46-29-21-14-22-30-46;/h11-38H,1-10H3;1H4. The first-order chi connectivity index (χ1) is 27.8. The van der Waals surface area contributed by atoms with E-state index in [0.717, 1.165) is 0 Å². The van der Waals surface area contributed by atoms with E-state index < -0.39 is 42.1 Å². The zero-order valence-corrected chi connectivity index (χ0v) is 40.2. The number of ether oxygens (including phenoxy) is 1. The van der Waals surface area contributed by atoms with E-state index in [2.05, 4.69) is 136 Å². The first kappa shape index (κ1) is 46.3. The molecule has 0 aromatic heterocycles. The summed E-state index contributed by atoms with van der Waals surface area (Å²) in [6.45, 7) is 21.7. The van der Waals surface area contributed by atoms with Gasteiger partial charge in [0, 0.05) is 11.1 Å². The highest BCUT2D eigenvalue weighted by molar-refractivity contribution is 7.49. The number of Topliss-reactive ketones (excluding diaryl/α,β-unsaturated/α-hetero) is 2. The van der Waals surface area contributed by atoms with Crippen LogP contribution < -0.4 is 25.5 Å². The Morgan fingerprint density at radius 3 is 0.833 bits per heavy atom.